The Balaban J connectivity index is 2.33. The van der Waals surface area contributed by atoms with Crippen LogP contribution in [0.1, 0.15) is 5.56 Å². The second-order valence-corrected chi connectivity index (χ2v) is 2.51. The molecule has 0 aliphatic heterocycles. The Bertz CT molecular complexity index is 368. The van der Waals surface area contributed by atoms with E-state index in [9.17, 15) is 4.39 Å². The fourth-order valence-corrected chi connectivity index (χ4v) is 0.962. The second-order valence-electron chi connectivity index (χ2n) is 2.51. The van der Waals surface area contributed by atoms with Crippen LogP contribution in [0, 0.1) is 0 Å². The molecule has 0 N–H and O–H groups in total. The summed E-state index contributed by atoms with van der Waals surface area (Å²) in [5.41, 5.74) is 0.559. The molecule has 0 saturated carbocycles. The maximum absolute atomic E-state index is 12.1. The first-order valence-electron chi connectivity index (χ1n) is 3.78. The summed E-state index contributed by atoms with van der Waals surface area (Å²) in [6, 6.07) is 3.37. The van der Waals surface area contributed by atoms with Gasteiger partial charge >= 0.3 is 0 Å². The Labute approximate surface area is 74.0 Å². The number of rotatable bonds is 2. The number of aromatic nitrogens is 4. The summed E-state index contributed by atoms with van der Waals surface area (Å²) in [6.07, 6.45) is 4.72. The van der Waals surface area contributed by atoms with Crippen LogP contribution in [-0.4, -0.2) is 20.0 Å². The normalized spacial score (nSPS) is 10.2. The molecule has 0 aliphatic rings. The van der Waals surface area contributed by atoms with E-state index in [1.54, 1.807) is 24.5 Å². The summed E-state index contributed by atoms with van der Waals surface area (Å²) in [6.45, 7) is -0.495. The van der Waals surface area contributed by atoms with E-state index in [1.807, 2.05) is 0 Å². The zero-order valence-electron chi connectivity index (χ0n) is 6.76. The maximum Gasteiger partial charge on any atom is 0.155 e. The van der Waals surface area contributed by atoms with Crippen molar-refractivity contribution in [3.05, 3.63) is 36.3 Å². The topological polar surface area (TPSA) is 43.6 Å². The van der Waals surface area contributed by atoms with Gasteiger partial charge in [-0.05, 0) is 6.07 Å². The highest BCUT2D eigenvalue weighted by atomic mass is 19.1. The zero-order chi connectivity index (χ0) is 9.10. The van der Waals surface area contributed by atoms with Crippen molar-refractivity contribution >= 4 is 0 Å². The molecular formula is C8H7FN4. The molecule has 0 saturated heterocycles. The number of alkyl halides is 1. The average Bonchev–Trinajstić information content (AvgIpc) is 2.71. The quantitative estimate of drug-likeness (QED) is 0.692. The largest absolute Gasteiger partial charge is 0.246 e. The van der Waals surface area contributed by atoms with Gasteiger partial charge in [-0.2, -0.15) is 0 Å². The van der Waals surface area contributed by atoms with E-state index in [-0.39, 0.29) is 0 Å². The SMILES string of the molecule is FCc1ccc(-n2ccnn2)nc1. The molecule has 66 valence electrons. The van der Waals surface area contributed by atoms with Crippen molar-refractivity contribution < 1.29 is 4.39 Å². The predicted octanol–water partition coefficient (Wildman–Crippen LogP) is 1.13. The molecule has 0 aliphatic carbocycles. The molecule has 13 heavy (non-hydrogen) atoms. The molecule has 0 bridgehead atoms. The number of nitrogens with zero attached hydrogens (tertiary/aromatic N) is 4. The average molecular weight is 178 g/mol. The second kappa shape index (κ2) is 3.30. The van der Waals surface area contributed by atoms with Crippen molar-refractivity contribution in [2.45, 2.75) is 6.67 Å². The Morgan fingerprint density at radius 2 is 2.31 bits per heavy atom. The minimum absolute atomic E-state index is 0.495. The lowest BCUT2D eigenvalue weighted by molar-refractivity contribution is 0.484. The molecule has 0 atom stereocenters. The van der Waals surface area contributed by atoms with Crippen molar-refractivity contribution in [1.29, 1.82) is 0 Å². The van der Waals surface area contributed by atoms with Crippen LogP contribution in [0.4, 0.5) is 4.39 Å². The molecule has 0 radical (unpaired) electrons. The third kappa shape index (κ3) is 1.53. The lowest BCUT2D eigenvalue weighted by Gasteiger charge is -1.98. The molecule has 2 rings (SSSR count). The van der Waals surface area contributed by atoms with Crippen molar-refractivity contribution in [2.24, 2.45) is 0 Å². The maximum atomic E-state index is 12.1. The van der Waals surface area contributed by atoms with Gasteiger partial charge < -0.3 is 0 Å². The summed E-state index contributed by atoms with van der Waals surface area (Å²) in [4.78, 5) is 4.01. The molecule has 4 nitrogen and oxygen atoms in total. The van der Waals surface area contributed by atoms with E-state index in [1.165, 1.54) is 10.9 Å². The van der Waals surface area contributed by atoms with Gasteiger partial charge in [0, 0.05) is 11.8 Å². The minimum atomic E-state index is -0.495. The van der Waals surface area contributed by atoms with E-state index >= 15 is 0 Å². The van der Waals surface area contributed by atoms with Crippen LogP contribution in [0.3, 0.4) is 0 Å². The summed E-state index contributed by atoms with van der Waals surface area (Å²) in [5.74, 6) is 0.634. The van der Waals surface area contributed by atoms with Crippen molar-refractivity contribution in [3.63, 3.8) is 0 Å². The standard InChI is InChI=1S/C8H7FN4/c9-5-7-1-2-8(10-6-7)13-4-3-11-12-13/h1-4,6H,5H2. The van der Waals surface area contributed by atoms with Crippen molar-refractivity contribution in [1.82, 2.24) is 20.0 Å². The lowest BCUT2D eigenvalue weighted by atomic mass is 10.3. The first kappa shape index (κ1) is 7.85. The van der Waals surface area contributed by atoms with Crippen LogP contribution in [0.2, 0.25) is 0 Å². The molecule has 0 spiro atoms. The van der Waals surface area contributed by atoms with Crippen LogP contribution in [0.15, 0.2) is 30.7 Å². The van der Waals surface area contributed by atoms with E-state index in [2.05, 4.69) is 15.3 Å². The molecule has 0 fully saturated rings. The Morgan fingerprint density at radius 1 is 1.38 bits per heavy atom. The Hall–Kier alpha value is -1.78. The van der Waals surface area contributed by atoms with Crippen molar-refractivity contribution in [2.75, 3.05) is 0 Å². The Morgan fingerprint density at radius 3 is 2.85 bits per heavy atom. The van der Waals surface area contributed by atoms with E-state index in [4.69, 9.17) is 0 Å². The van der Waals surface area contributed by atoms with Gasteiger partial charge in [0.2, 0.25) is 0 Å². The highest BCUT2D eigenvalue weighted by molar-refractivity contribution is 5.23. The van der Waals surface area contributed by atoms with Crippen LogP contribution in [0.25, 0.3) is 5.82 Å². The molecular weight excluding hydrogens is 171 g/mol. The third-order valence-electron chi connectivity index (χ3n) is 1.62. The number of pyridine rings is 1. The van der Waals surface area contributed by atoms with Crippen LogP contribution >= 0.6 is 0 Å². The smallest absolute Gasteiger partial charge is 0.155 e. The van der Waals surface area contributed by atoms with Crippen LogP contribution < -0.4 is 0 Å². The lowest BCUT2D eigenvalue weighted by Crippen LogP contribution is -1.98. The van der Waals surface area contributed by atoms with Gasteiger partial charge in [-0.1, -0.05) is 11.3 Å². The van der Waals surface area contributed by atoms with E-state index in [0.717, 1.165) is 0 Å². The van der Waals surface area contributed by atoms with Gasteiger partial charge in [-0.3, -0.25) is 0 Å². The molecule has 2 aromatic rings. The minimum Gasteiger partial charge on any atom is -0.246 e. The fraction of sp³-hybridized carbons (Fsp3) is 0.125. The summed E-state index contributed by atoms with van der Waals surface area (Å²) < 4.78 is 13.6. The molecule has 0 amide bonds. The zero-order valence-corrected chi connectivity index (χ0v) is 6.76. The highest BCUT2D eigenvalue weighted by Gasteiger charge is 1.97. The first-order valence-corrected chi connectivity index (χ1v) is 3.78. The summed E-state index contributed by atoms with van der Waals surface area (Å²) in [7, 11) is 0. The van der Waals surface area contributed by atoms with Gasteiger partial charge in [0.15, 0.2) is 5.82 Å². The van der Waals surface area contributed by atoms with Gasteiger partial charge in [0.05, 0.1) is 12.4 Å². The van der Waals surface area contributed by atoms with E-state index in [0.29, 0.717) is 11.4 Å². The number of hydrogen-bond acceptors (Lipinski definition) is 3. The van der Waals surface area contributed by atoms with Gasteiger partial charge in [-0.15, -0.1) is 5.10 Å². The monoisotopic (exact) mass is 178 g/mol. The predicted molar refractivity (Wildman–Crippen MR) is 44.0 cm³/mol. The molecule has 5 heteroatoms. The third-order valence-corrected chi connectivity index (χ3v) is 1.62. The molecule has 0 aromatic carbocycles. The van der Waals surface area contributed by atoms with Gasteiger partial charge in [0.1, 0.15) is 6.67 Å². The van der Waals surface area contributed by atoms with Crippen LogP contribution in [-0.2, 0) is 6.67 Å². The number of halogens is 1. The van der Waals surface area contributed by atoms with Crippen LogP contribution in [0.5, 0.6) is 0 Å². The van der Waals surface area contributed by atoms with Crippen molar-refractivity contribution in [3.8, 4) is 5.82 Å². The molecule has 0 unspecified atom stereocenters. The Kier molecular flexibility index (Phi) is 1.99. The molecule has 2 aromatic heterocycles. The first-order chi connectivity index (χ1) is 6.40. The summed E-state index contributed by atoms with van der Waals surface area (Å²) >= 11 is 0. The highest BCUT2D eigenvalue weighted by Crippen LogP contribution is 2.04. The van der Waals surface area contributed by atoms with Gasteiger partial charge in [-0.25, -0.2) is 14.1 Å². The fourth-order valence-electron chi connectivity index (χ4n) is 0.962. The number of hydrogen-bond donors (Lipinski definition) is 0. The van der Waals surface area contributed by atoms with E-state index < -0.39 is 6.67 Å². The van der Waals surface area contributed by atoms with Gasteiger partial charge in [0.25, 0.3) is 0 Å². The molecule has 2 heterocycles. The summed E-state index contributed by atoms with van der Waals surface area (Å²) in [5, 5.41) is 7.39.